The molecule has 0 saturated carbocycles. The SMILES string of the molecule is O=c1nc(-c2ccc3c(c2)Nc2ccccc2S3)cc(-c2ccc(O)cc2)[nH]1. The van der Waals surface area contributed by atoms with Crippen molar-refractivity contribution < 1.29 is 5.11 Å². The van der Waals surface area contributed by atoms with Gasteiger partial charge in [-0.1, -0.05) is 30.0 Å². The maximum absolute atomic E-state index is 12.1. The van der Waals surface area contributed by atoms with E-state index in [1.807, 2.05) is 42.5 Å². The molecule has 1 aliphatic rings. The summed E-state index contributed by atoms with van der Waals surface area (Å²) in [5.74, 6) is 0.180. The number of fused-ring (bicyclic) bond motifs is 2. The summed E-state index contributed by atoms with van der Waals surface area (Å²) in [6, 6.07) is 22.7. The molecule has 4 aromatic rings. The van der Waals surface area contributed by atoms with E-state index in [-0.39, 0.29) is 5.75 Å². The molecule has 2 heterocycles. The molecule has 3 N–H and O–H groups in total. The van der Waals surface area contributed by atoms with Gasteiger partial charge in [-0.3, -0.25) is 0 Å². The first kappa shape index (κ1) is 16.6. The predicted octanol–water partition coefficient (Wildman–Crippen LogP) is 5.02. The van der Waals surface area contributed by atoms with Gasteiger partial charge >= 0.3 is 5.69 Å². The van der Waals surface area contributed by atoms with Crippen LogP contribution < -0.4 is 11.0 Å². The molecule has 0 atom stereocenters. The number of anilines is 2. The van der Waals surface area contributed by atoms with Gasteiger partial charge in [-0.2, -0.15) is 4.98 Å². The zero-order valence-electron chi connectivity index (χ0n) is 14.6. The van der Waals surface area contributed by atoms with Gasteiger partial charge in [0.25, 0.3) is 0 Å². The number of hydrogen-bond donors (Lipinski definition) is 3. The van der Waals surface area contributed by atoms with Crippen molar-refractivity contribution in [2.24, 2.45) is 0 Å². The standard InChI is InChI=1S/C22H15N3O2S/c26-15-8-5-13(6-9-15)17-12-18(25-22(27)24-17)14-7-10-21-19(11-14)23-16-3-1-2-4-20(16)28-21/h1-12,23,26H,(H,24,25,27). The molecule has 5 rings (SSSR count). The first-order valence-corrected chi connectivity index (χ1v) is 9.56. The second-order valence-corrected chi connectivity index (χ2v) is 7.55. The van der Waals surface area contributed by atoms with E-state index in [2.05, 4.69) is 21.4 Å². The van der Waals surface area contributed by atoms with Crippen LogP contribution in [0.1, 0.15) is 0 Å². The molecule has 1 aliphatic heterocycles. The van der Waals surface area contributed by atoms with Gasteiger partial charge in [0, 0.05) is 15.4 Å². The van der Waals surface area contributed by atoms with E-state index in [1.54, 1.807) is 36.0 Å². The van der Waals surface area contributed by atoms with Crippen LogP contribution in [0, 0.1) is 0 Å². The Morgan fingerprint density at radius 1 is 0.821 bits per heavy atom. The lowest BCUT2D eigenvalue weighted by atomic mass is 10.1. The molecule has 28 heavy (non-hydrogen) atoms. The fraction of sp³-hybridized carbons (Fsp3) is 0. The van der Waals surface area contributed by atoms with Gasteiger partial charge in [-0.15, -0.1) is 0 Å². The number of aromatic nitrogens is 2. The van der Waals surface area contributed by atoms with Crippen LogP contribution in [0.4, 0.5) is 11.4 Å². The second-order valence-electron chi connectivity index (χ2n) is 6.47. The second kappa shape index (κ2) is 6.58. The van der Waals surface area contributed by atoms with E-state index < -0.39 is 5.69 Å². The molecule has 1 aromatic heterocycles. The van der Waals surface area contributed by atoms with E-state index in [9.17, 15) is 9.90 Å². The maximum Gasteiger partial charge on any atom is 0.345 e. The number of benzene rings is 3. The third-order valence-corrected chi connectivity index (χ3v) is 5.73. The van der Waals surface area contributed by atoms with Crippen LogP contribution in [0.15, 0.2) is 87.4 Å². The third kappa shape index (κ3) is 3.04. The van der Waals surface area contributed by atoms with Crippen molar-refractivity contribution in [1.82, 2.24) is 9.97 Å². The molecule has 136 valence electrons. The number of rotatable bonds is 2. The van der Waals surface area contributed by atoms with Crippen LogP contribution in [0.3, 0.4) is 0 Å². The maximum atomic E-state index is 12.1. The third-order valence-electron chi connectivity index (χ3n) is 4.57. The van der Waals surface area contributed by atoms with Gasteiger partial charge in [0.2, 0.25) is 0 Å². The smallest absolute Gasteiger partial charge is 0.345 e. The van der Waals surface area contributed by atoms with E-state index in [0.717, 1.165) is 27.4 Å². The molecule has 0 spiro atoms. The molecule has 0 bridgehead atoms. The van der Waals surface area contributed by atoms with Crippen molar-refractivity contribution >= 4 is 23.1 Å². The lowest BCUT2D eigenvalue weighted by Gasteiger charge is -2.21. The first-order valence-electron chi connectivity index (χ1n) is 8.75. The number of aromatic amines is 1. The van der Waals surface area contributed by atoms with Crippen LogP contribution in [-0.2, 0) is 0 Å². The number of hydrogen-bond acceptors (Lipinski definition) is 5. The summed E-state index contributed by atoms with van der Waals surface area (Å²) in [6.07, 6.45) is 0. The zero-order valence-corrected chi connectivity index (χ0v) is 15.5. The summed E-state index contributed by atoms with van der Waals surface area (Å²) in [5.41, 5.74) is 4.57. The highest BCUT2D eigenvalue weighted by atomic mass is 32.2. The van der Waals surface area contributed by atoms with Crippen molar-refractivity contribution in [3.63, 3.8) is 0 Å². The van der Waals surface area contributed by atoms with Crippen molar-refractivity contribution in [3.05, 3.63) is 83.3 Å². The van der Waals surface area contributed by atoms with E-state index in [1.165, 1.54) is 4.90 Å². The topological polar surface area (TPSA) is 78.0 Å². The zero-order chi connectivity index (χ0) is 19.1. The average molecular weight is 385 g/mol. The van der Waals surface area contributed by atoms with Crippen molar-refractivity contribution in [2.75, 3.05) is 5.32 Å². The van der Waals surface area contributed by atoms with E-state index >= 15 is 0 Å². The minimum absolute atomic E-state index is 0.180. The number of nitrogens with zero attached hydrogens (tertiary/aromatic N) is 1. The minimum atomic E-state index is -0.411. The Kier molecular flexibility index (Phi) is 3.91. The van der Waals surface area contributed by atoms with Gasteiger partial charge in [-0.05, 0) is 60.2 Å². The summed E-state index contributed by atoms with van der Waals surface area (Å²) in [7, 11) is 0. The van der Waals surface area contributed by atoms with Gasteiger partial charge in [0.15, 0.2) is 0 Å². The molecule has 0 saturated heterocycles. The highest BCUT2D eigenvalue weighted by Gasteiger charge is 2.16. The Bertz CT molecular complexity index is 1250. The number of aromatic hydroxyl groups is 1. The van der Waals surface area contributed by atoms with Crippen LogP contribution in [-0.4, -0.2) is 15.1 Å². The largest absolute Gasteiger partial charge is 0.508 e. The molecule has 0 fully saturated rings. The fourth-order valence-electron chi connectivity index (χ4n) is 3.20. The van der Waals surface area contributed by atoms with Crippen molar-refractivity contribution in [1.29, 1.82) is 0 Å². The Labute approximate surface area is 165 Å². The fourth-order valence-corrected chi connectivity index (χ4v) is 4.17. The van der Waals surface area contributed by atoms with E-state index in [0.29, 0.717) is 11.4 Å². The quantitative estimate of drug-likeness (QED) is 0.398. The van der Waals surface area contributed by atoms with Crippen LogP contribution in [0.25, 0.3) is 22.5 Å². The summed E-state index contributed by atoms with van der Waals surface area (Å²) in [5, 5.41) is 12.9. The number of phenolic OH excluding ortho intramolecular Hbond substituents is 1. The summed E-state index contributed by atoms with van der Waals surface area (Å²) in [6.45, 7) is 0. The Morgan fingerprint density at radius 3 is 2.43 bits per heavy atom. The monoisotopic (exact) mass is 385 g/mol. The molecule has 5 nitrogen and oxygen atoms in total. The van der Waals surface area contributed by atoms with Crippen molar-refractivity contribution in [3.8, 4) is 28.3 Å². The van der Waals surface area contributed by atoms with Gasteiger partial charge < -0.3 is 15.4 Å². The first-order chi connectivity index (χ1) is 13.7. The highest BCUT2D eigenvalue weighted by Crippen LogP contribution is 2.45. The highest BCUT2D eigenvalue weighted by molar-refractivity contribution is 7.99. The molecular formula is C22H15N3O2S. The lowest BCUT2D eigenvalue weighted by Crippen LogP contribution is -2.12. The number of phenols is 1. The summed E-state index contributed by atoms with van der Waals surface area (Å²) < 4.78 is 0. The molecule has 0 aliphatic carbocycles. The lowest BCUT2D eigenvalue weighted by molar-refractivity contribution is 0.475. The molecule has 6 heteroatoms. The predicted molar refractivity (Wildman–Crippen MR) is 111 cm³/mol. The summed E-state index contributed by atoms with van der Waals surface area (Å²) in [4.78, 5) is 21.4. The number of para-hydroxylation sites is 1. The normalized spacial score (nSPS) is 12.0. The summed E-state index contributed by atoms with van der Waals surface area (Å²) >= 11 is 1.72. The van der Waals surface area contributed by atoms with Crippen LogP contribution in [0.5, 0.6) is 5.75 Å². The van der Waals surface area contributed by atoms with E-state index in [4.69, 9.17) is 0 Å². The average Bonchev–Trinajstić information content (AvgIpc) is 2.72. The Morgan fingerprint density at radius 2 is 1.57 bits per heavy atom. The van der Waals surface area contributed by atoms with Gasteiger partial charge in [-0.25, -0.2) is 4.79 Å². The van der Waals surface area contributed by atoms with Crippen LogP contribution in [0.2, 0.25) is 0 Å². The molecule has 0 radical (unpaired) electrons. The van der Waals surface area contributed by atoms with Crippen LogP contribution >= 0.6 is 11.8 Å². The van der Waals surface area contributed by atoms with Gasteiger partial charge in [0.1, 0.15) is 5.75 Å². The Hall–Kier alpha value is -3.51. The molecule has 3 aromatic carbocycles. The molecule has 0 unspecified atom stereocenters. The number of H-pyrrole nitrogens is 1. The Balaban J connectivity index is 1.56. The molecule has 0 amide bonds. The minimum Gasteiger partial charge on any atom is -0.508 e. The number of nitrogens with one attached hydrogen (secondary N) is 2. The van der Waals surface area contributed by atoms with Gasteiger partial charge in [0.05, 0.1) is 22.8 Å². The molecular weight excluding hydrogens is 370 g/mol. The van der Waals surface area contributed by atoms with Crippen molar-refractivity contribution in [2.45, 2.75) is 9.79 Å².